The lowest BCUT2D eigenvalue weighted by Gasteiger charge is -2.02. The van der Waals surface area contributed by atoms with Crippen molar-refractivity contribution in [1.29, 1.82) is 0 Å². The molecule has 0 radical (unpaired) electrons. The Hall–Kier alpha value is -0.700. The Kier molecular flexibility index (Phi) is 1.62. The van der Waals surface area contributed by atoms with Crippen LogP contribution in [0.2, 0.25) is 0 Å². The normalized spacial score (nSPS) is 26.2. The summed E-state index contributed by atoms with van der Waals surface area (Å²) in [7, 11) is 0. The number of rotatable bonds is 0. The molecule has 0 saturated carbocycles. The monoisotopic (exact) mass is 144 g/mol. The minimum Gasteiger partial charge on any atom is -0.265 e. The van der Waals surface area contributed by atoms with Gasteiger partial charge < -0.3 is 0 Å². The summed E-state index contributed by atoms with van der Waals surface area (Å²) in [6.45, 7) is 1.59. The molecule has 0 N–H and O–H groups in total. The predicted molar refractivity (Wildman–Crippen MR) is 36.2 cm³/mol. The summed E-state index contributed by atoms with van der Waals surface area (Å²) < 4.78 is 0. The molecular formula is C5H5ClN2O. The fraction of sp³-hybridized carbons (Fsp3) is 0.400. The molecule has 0 saturated heterocycles. The molecule has 1 unspecified atom stereocenters. The fourth-order valence-electron chi connectivity index (χ4n) is 0.496. The van der Waals surface area contributed by atoms with E-state index in [1.807, 2.05) is 0 Å². The van der Waals surface area contributed by atoms with Gasteiger partial charge in [0.25, 0.3) is 5.91 Å². The zero-order chi connectivity index (χ0) is 6.85. The highest BCUT2D eigenvalue weighted by Crippen LogP contribution is 2.00. The molecule has 1 aliphatic rings. The molecule has 0 bridgehead atoms. The fourth-order valence-corrected chi connectivity index (χ4v) is 0.699. The van der Waals surface area contributed by atoms with Crippen LogP contribution in [0.1, 0.15) is 6.92 Å². The highest BCUT2D eigenvalue weighted by molar-refractivity contribution is 6.43. The van der Waals surface area contributed by atoms with E-state index in [1.54, 1.807) is 6.92 Å². The van der Waals surface area contributed by atoms with Crippen molar-refractivity contribution in [3.8, 4) is 0 Å². The lowest BCUT2D eigenvalue weighted by Crippen LogP contribution is -2.16. The molecule has 3 nitrogen and oxygen atoms in total. The van der Waals surface area contributed by atoms with Crippen molar-refractivity contribution in [2.24, 2.45) is 9.98 Å². The minimum atomic E-state index is -0.456. The van der Waals surface area contributed by atoms with E-state index in [-0.39, 0.29) is 5.91 Å². The second-order valence-corrected chi connectivity index (χ2v) is 2.12. The van der Waals surface area contributed by atoms with Crippen LogP contribution >= 0.6 is 11.6 Å². The van der Waals surface area contributed by atoms with E-state index in [1.165, 1.54) is 6.21 Å². The highest BCUT2D eigenvalue weighted by atomic mass is 35.5. The molecule has 4 heteroatoms. The average molecular weight is 145 g/mol. The van der Waals surface area contributed by atoms with Crippen molar-refractivity contribution in [3.63, 3.8) is 0 Å². The van der Waals surface area contributed by atoms with Crippen LogP contribution < -0.4 is 0 Å². The predicted octanol–water partition coefficient (Wildman–Crippen LogP) is 0.623. The van der Waals surface area contributed by atoms with Crippen LogP contribution in [0.3, 0.4) is 0 Å². The van der Waals surface area contributed by atoms with E-state index in [4.69, 9.17) is 11.6 Å². The molecule has 1 aliphatic heterocycles. The van der Waals surface area contributed by atoms with E-state index >= 15 is 0 Å². The molecule has 0 aromatic rings. The van der Waals surface area contributed by atoms with E-state index in [0.717, 1.165) is 0 Å². The topological polar surface area (TPSA) is 41.8 Å². The molecular weight excluding hydrogens is 140 g/mol. The number of hydrogen-bond acceptors (Lipinski definition) is 2. The van der Waals surface area contributed by atoms with Gasteiger partial charge in [-0.25, -0.2) is 4.99 Å². The first-order chi connectivity index (χ1) is 4.20. The van der Waals surface area contributed by atoms with E-state index in [9.17, 15) is 4.79 Å². The molecule has 1 heterocycles. The van der Waals surface area contributed by atoms with E-state index in [2.05, 4.69) is 9.98 Å². The Morgan fingerprint density at radius 3 is 2.89 bits per heavy atom. The van der Waals surface area contributed by atoms with Crippen LogP contribution in [-0.2, 0) is 4.79 Å². The van der Waals surface area contributed by atoms with Gasteiger partial charge in [-0.2, -0.15) is 0 Å². The Morgan fingerprint density at radius 1 is 1.78 bits per heavy atom. The molecule has 0 aromatic carbocycles. The van der Waals surface area contributed by atoms with E-state index < -0.39 is 5.50 Å². The van der Waals surface area contributed by atoms with Gasteiger partial charge in [-0.3, -0.25) is 9.79 Å². The summed E-state index contributed by atoms with van der Waals surface area (Å²) >= 11 is 5.49. The van der Waals surface area contributed by atoms with Crippen LogP contribution in [-0.4, -0.2) is 23.3 Å². The standard InChI is InChI=1S/C5H5ClN2O/c1-3-5(9)7-2-4(6)8-3/h2,4H,1H3. The molecule has 1 atom stereocenters. The van der Waals surface area contributed by atoms with Gasteiger partial charge in [0, 0.05) is 6.21 Å². The average Bonchev–Trinajstić information content (AvgIpc) is 1.80. The first-order valence-corrected chi connectivity index (χ1v) is 2.91. The molecule has 0 spiro atoms. The maximum Gasteiger partial charge on any atom is 0.290 e. The van der Waals surface area contributed by atoms with Crippen LogP contribution in [0, 0.1) is 0 Å². The van der Waals surface area contributed by atoms with Crippen molar-refractivity contribution in [1.82, 2.24) is 0 Å². The van der Waals surface area contributed by atoms with Gasteiger partial charge in [0.15, 0.2) is 5.50 Å². The number of carbonyl (C=O) groups excluding carboxylic acids is 1. The Labute approximate surface area is 57.4 Å². The van der Waals surface area contributed by atoms with Gasteiger partial charge in [-0.05, 0) is 6.92 Å². The largest absolute Gasteiger partial charge is 0.290 e. The number of halogens is 1. The summed E-state index contributed by atoms with van der Waals surface area (Å²) in [5.74, 6) is -0.299. The quantitative estimate of drug-likeness (QED) is 0.363. The maximum atomic E-state index is 10.6. The summed E-state index contributed by atoms with van der Waals surface area (Å²) in [5, 5.41) is 0. The third-order valence-corrected chi connectivity index (χ3v) is 1.15. The summed E-state index contributed by atoms with van der Waals surface area (Å²) in [5.41, 5.74) is -0.0831. The summed E-state index contributed by atoms with van der Waals surface area (Å²) in [6, 6.07) is 0. The Bertz CT molecular complexity index is 197. The second kappa shape index (κ2) is 2.27. The first kappa shape index (κ1) is 6.42. The molecule has 48 valence electrons. The number of aliphatic imine (C=N–C) groups is 2. The highest BCUT2D eigenvalue weighted by Gasteiger charge is 2.10. The van der Waals surface area contributed by atoms with Crippen LogP contribution in [0.4, 0.5) is 0 Å². The molecule has 0 aromatic heterocycles. The minimum absolute atomic E-state index is 0.299. The molecule has 1 rings (SSSR count). The Balaban J connectivity index is 2.82. The maximum absolute atomic E-state index is 10.6. The lowest BCUT2D eigenvalue weighted by molar-refractivity contribution is -0.111. The number of hydrogen-bond donors (Lipinski definition) is 0. The zero-order valence-electron chi connectivity index (χ0n) is 4.84. The van der Waals surface area contributed by atoms with E-state index in [0.29, 0.717) is 5.71 Å². The first-order valence-electron chi connectivity index (χ1n) is 2.47. The smallest absolute Gasteiger partial charge is 0.265 e. The van der Waals surface area contributed by atoms with Crippen LogP contribution in [0.25, 0.3) is 0 Å². The molecule has 1 amide bonds. The van der Waals surface area contributed by atoms with Crippen LogP contribution in [0.5, 0.6) is 0 Å². The number of carbonyl (C=O) groups is 1. The van der Waals surface area contributed by atoms with Gasteiger partial charge in [0.1, 0.15) is 5.71 Å². The number of alkyl halides is 1. The Morgan fingerprint density at radius 2 is 2.44 bits per heavy atom. The van der Waals surface area contributed by atoms with Gasteiger partial charge >= 0.3 is 0 Å². The van der Waals surface area contributed by atoms with Gasteiger partial charge in [-0.15, -0.1) is 0 Å². The van der Waals surface area contributed by atoms with Crippen molar-refractivity contribution in [2.45, 2.75) is 12.4 Å². The zero-order valence-corrected chi connectivity index (χ0v) is 5.59. The SMILES string of the molecule is CC1=NC(Cl)C=NC1=O. The van der Waals surface area contributed by atoms with Crippen molar-refractivity contribution >= 4 is 29.4 Å². The number of nitrogens with zero attached hydrogens (tertiary/aromatic N) is 2. The second-order valence-electron chi connectivity index (χ2n) is 1.67. The summed E-state index contributed by atoms with van der Waals surface area (Å²) in [4.78, 5) is 17.8. The molecule has 9 heavy (non-hydrogen) atoms. The van der Waals surface area contributed by atoms with Gasteiger partial charge in [-0.1, -0.05) is 11.6 Å². The van der Waals surface area contributed by atoms with Crippen molar-refractivity contribution in [2.75, 3.05) is 0 Å². The molecule has 0 fully saturated rings. The van der Waals surface area contributed by atoms with Gasteiger partial charge in [0.2, 0.25) is 0 Å². The van der Waals surface area contributed by atoms with Crippen molar-refractivity contribution in [3.05, 3.63) is 0 Å². The van der Waals surface area contributed by atoms with Crippen LogP contribution in [0.15, 0.2) is 9.98 Å². The number of amides is 1. The molecule has 0 aliphatic carbocycles. The van der Waals surface area contributed by atoms with Gasteiger partial charge in [0.05, 0.1) is 0 Å². The lowest BCUT2D eigenvalue weighted by atomic mass is 10.4. The summed E-state index contributed by atoms with van der Waals surface area (Å²) in [6.07, 6.45) is 1.32. The van der Waals surface area contributed by atoms with Crippen molar-refractivity contribution < 1.29 is 4.79 Å². The third-order valence-electron chi connectivity index (χ3n) is 0.941. The third kappa shape index (κ3) is 1.36.